The molecule has 1 aliphatic rings. The Kier molecular flexibility index (Phi) is 6.80. The molecule has 0 radical (unpaired) electrons. The van der Waals surface area contributed by atoms with Gasteiger partial charge < -0.3 is 9.64 Å². The fourth-order valence-corrected chi connectivity index (χ4v) is 4.20. The van der Waals surface area contributed by atoms with E-state index in [1.54, 1.807) is 18.9 Å². The molecule has 1 heterocycles. The number of benzene rings is 2. The number of carbonyl (C=O) groups is 1. The second kappa shape index (κ2) is 9.29. The van der Waals surface area contributed by atoms with Gasteiger partial charge in [0.2, 0.25) is 5.91 Å². The molecule has 3 rings (SSSR count). The molecule has 0 aliphatic carbocycles. The first-order valence-corrected chi connectivity index (χ1v) is 10.3. The Morgan fingerprint density at radius 3 is 2.26 bits per heavy atom. The minimum Gasteiger partial charge on any atom is -0.497 e. The molecule has 0 bridgehead atoms. The first-order chi connectivity index (χ1) is 13.0. The Labute approximate surface area is 166 Å². The Balaban J connectivity index is 1.47. The van der Waals surface area contributed by atoms with E-state index < -0.39 is 0 Å². The van der Waals surface area contributed by atoms with Crippen LogP contribution in [-0.4, -0.2) is 54.2 Å². The first kappa shape index (κ1) is 19.8. The molecule has 0 unspecified atom stereocenters. The maximum atomic E-state index is 12.8. The molecule has 1 amide bonds. The van der Waals surface area contributed by atoms with Crippen molar-refractivity contribution < 1.29 is 9.53 Å². The predicted molar refractivity (Wildman–Crippen MR) is 111 cm³/mol. The molecular formula is C22H28N2O2S. The van der Waals surface area contributed by atoms with Gasteiger partial charge in [-0.15, -0.1) is 11.8 Å². The second-order valence-electron chi connectivity index (χ2n) is 7.02. The maximum Gasteiger partial charge on any atom is 0.235 e. The quantitative estimate of drug-likeness (QED) is 0.709. The van der Waals surface area contributed by atoms with Crippen LogP contribution in [0.2, 0.25) is 0 Å². The highest BCUT2D eigenvalue weighted by molar-refractivity contribution is 8.00. The van der Waals surface area contributed by atoms with Crippen LogP contribution < -0.4 is 4.74 Å². The normalized spacial score (nSPS) is 16.2. The van der Waals surface area contributed by atoms with Gasteiger partial charge in [0.1, 0.15) is 5.75 Å². The van der Waals surface area contributed by atoms with E-state index in [-0.39, 0.29) is 11.2 Å². The number of piperazine rings is 1. The van der Waals surface area contributed by atoms with Crippen LogP contribution in [0.15, 0.2) is 53.4 Å². The van der Waals surface area contributed by atoms with E-state index >= 15 is 0 Å². The van der Waals surface area contributed by atoms with Crippen LogP contribution >= 0.6 is 11.8 Å². The van der Waals surface area contributed by atoms with E-state index in [2.05, 4.69) is 48.2 Å². The average molecular weight is 385 g/mol. The summed E-state index contributed by atoms with van der Waals surface area (Å²) in [6, 6.07) is 16.6. The summed E-state index contributed by atoms with van der Waals surface area (Å²) in [6.07, 6.45) is 0. The lowest BCUT2D eigenvalue weighted by Crippen LogP contribution is -2.50. The largest absolute Gasteiger partial charge is 0.497 e. The van der Waals surface area contributed by atoms with Crippen LogP contribution in [0.4, 0.5) is 0 Å². The molecule has 1 atom stereocenters. The van der Waals surface area contributed by atoms with Gasteiger partial charge in [-0.3, -0.25) is 9.69 Å². The molecule has 1 saturated heterocycles. The van der Waals surface area contributed by atoms with Crippen molar-refractivity contribution in [2.45, 2.75) is 30.5 Å². The lowest BCUT2D eigenvalue weighted by molar-refractivity contribution is -0.132. The summed E-state index contributed by atoms with van der Waals surface area (Å²) in [5.74, 6) is 1.12. The van der Waals surface area contributed by atoms with Crippen molar-refractivity contribution >= 4 is 17.7 Å². The van der Waals surface area contributed by atoms with Crippen molar-refractivity contribution in [3.8, 4) is 5.75 Å². The topological polar surface area (TPSA) is 32.8 Å². The zero-order valence-corrected chi connectivity index (χ0v) is 17.2. The molecule has 27 heavy (non-hydrogen) atoms. The molecule has 1 aliphatic heterocycles. The number of ether oxygens (including phenoxy) is 1. The van der Waals surface area contributed by atoms with Crippen molar-refractivity contribution in [2.24, 2.45) is 0 Å². The minimum atomic E-state index is -0.0548. The van der Waals surface area contributed by atoms with E-state index in [0.717, 1.165) is 43.4 Å². The van der Waals surface area contributed by atoms with Gasteiger partial charge >= 0.3 is 0 Å². The van der Waals surface area contributed by atoms with Crippen LogP contribution in [0.25, 0.3) is 0 Å². The molecule has 144 valence electrons. The fraction of sp³-hybridized carbons (Fsp3) is 0.409. The number of nitrogens with zero attached hydrogens (tertiary/aromatic N) is 2. The maximum absolute atomic E-state index is 12.8. The molecule has 5 heteroatoms. The van der Waals surface area contributed by atoms with Gasteiger partial charge in [-0.05, 0) is 43.7 Å². The first-order valence-electron chi connectivity index (χ1n) is 9.42. The third-order valence-electron chi connectivity index (χ3n) is 4.93. The van der Waals surface area contributed by atoms with Crippen LogP contribution in [0.3, 0.4) is 0 Å². The summed E-state index contributed by atoms with van der Waals surface area (Å²) in [4.78, 5) is 18.3. The molecule has 0 spiro atoms. The van der Waals surface area contributed by atoms with E-state index in [1.165, 1.54) is 11.1 Å². The number of hydrogen-bond acceptors (Lipinski definition) is 4. The highest BCUT2D eigenvalue weighted by Gasteiger charge is 2.25. The summed E-state index contributed by atoms with van der Waals surface area (Å²) >= 11 is 1.64. The summed E-state index contributed by atoms with van der Waals surface area (Å²) < 4.78 is 5.21. The Morgan fingerprint density at radius 2 is 1.67 bits per heavy atom. The summed E-state index contributed by atoms with van der Waals surface area (Å²) in [5, 5.41) is -0.0548. The Hall–Kier alpha value is -1.98. The van der Waals surface area contributed by atoms with Crippen LogP contribution in [0.5, 0.6) is 5.75 Å². The highest BCUT2D eigenvalue weighted by Crippen LogP contribution is 2.25. The summed E-state index contributed by atoms with van der Waals surface area (Å²) in [5.41, 5.74) is 2.52. The van der Waals surface area contributed by atoms with Crippen LogP contribution in [0, 0.1) is 6.92 Å². The second-order valence-corrected chi connectivity index (χ2v) is 8.44. The molecular weight excluding hydrogens is 356 g/mol. The van der Waals surface area contributed by atoms with E-state index in [4.69, 9.17) is 4.74 Å². The van der Waals surface area contributed by atoms with E-state index in [9.17, 15) is 4.79 Å². The Bertz CT molecular complexity index is 738. The van der Waals surface area contributed by atoms with Gasteiger partial charge in [-0.25, -0.2) is 0 Å². The molecule has 2 aromatic rings. The van der Waals surface area contributed by atoms with Crippen molar-refractivity contribution in [1.29, 1.82) is 0 Å². The zero-order chi connectivity index (χ0) is 19.2. The number of amides is 1. The van der Waals surface area contributed by atoms with Crippen molar-refractivity contribution in [3.05, 3.63) is 59.7 Å². The van der Waals surface area contributed by atoms with Gasteiger partial charge in [0.25, 0.3) is 0 Å². The Morgan fingerprint density at radius 1 is 1.04 bits per heavy atom. The van der Waals surface area contributed by atoms with Crippen molar-refractivity contribution in [3.63, 3.8) is 0 Å². The SMILES string of the molecule is COc1ccc(CN2CCN(C(=O)[C@H](C)Sc3ccc(C)cc3)CC2)cc1. The molecule has 0 saturated carbocycles. The number of rotatable bonds is 6. The monoisotopic (exact) mass is 384 g/mol. The van der Waals surface area contributed by atoms with Gasteiger partial charge in [0, 0.05) is 37.6 Å². The number of hydrogen-bond donors (Lipinski definition) is 0. The van der Waals surface area contributed by atoms with Gasteiger partial charge in [0.05, 0.1) is 12.4 Å². The van der Waals surface area contributed by atoms with Crippen molar-refractivity contribution in [2.75, 3.05) is 33.3 Å². The lowest BCUT2D eigenvalue weighted by atomic mass is 10.2. The van der Waals surface area contributed by atoms with Crippen molar-refractivity contribution in [1.82, 2.24) is 9.80 Å². The van der Waals surface area contributed by atoms with Crippen LogP contribution in [-0.2, 0) is 11.3 Å². The number of thioether (sulfide) groups is 1. The zero-order valence-electron chi connectivity index (χ0n) is 16.4. The summed E-state index contributed by atoms with van der Waals surface area (Å²) in [7, 11) is 1.68. The molecule has 0 aromatic heterocycles. The van der Waals surface area contributed by atoms with Gasteiger partial charge in [-0.2, -0.15) is 0 Å². The number of carbonyl (C=O) groups excluding carboxylic acids is 1. The molecule has 4 nitrogen and oxygen atoms in total. The minimum absolute atomic E-state index is 0.0548. The van der Waals surface area contributed by atoms with Gasteiger partial charge in [0.15, 0.2) is 0 Å². The van der Waals surface area contributed by atoms with Gasteiger partial charge in [-0.1, -0.05) is 29.8 Å². The third-order valence-corrected chi connectivity index (χ3v) is 6.03. The lowest BCUT2D eigenvalue weighted by Gasteiger charge is -2.36. The third kappa shape index (κ3) is 5.50. The highest BCUT2D eigenvalue weighted by atomic mass is 32.2. The molecule has 0 N–H and O–H groups in total. The van der Waals surface area contributed by atoms with Crippen LogP contribution in [0.1, 0.15) is 18.1 Å². The standard InChI is InChI=1S/C22H28N2O2S/c1-17-4-10-21(11-5-17)27-18(2)22(25)24-14-12-23(13-15-24)16-19-6-8-20(26-3)9-7-19/h4-11,18H,12-16H2,1-3H3/t18-/m0/s1. The number of aryl methyl sites for hydroxylation is 1. The van der Waals surface area contributed by atoms with E-state index in [1.807, 2.05) is 24.0 Å². The molecule has 2 aromatic carbocycles. The summed E-state index contributed by atoms with van der Waals surface area (Å²) in [6.45, 7) is 8.44. The average Bonchev–Trinajstić information content (AvgIpc) is 2.70. The predicted octanol–water partition coefficient (Wildman–Crippen LogP) is 3.83. The fourth-order valence-electron chi connectivity index (χ4n) is 3.24. The van der Waals surface area contributed by atoms with E-state index in [0.29, 0.717) is 0 Å². The number of methoxy groups -OCH3 is 1. The smallest absolute Gasteiger partial charge is 0.235 e. The molecule has 1 fully saturated rings.